The van der Waals surface area contributed by atoms with Gasteiger partial charge in [0.1, 0.15) is 0 Å². The second-order valence-electron chi connectivity index (χ2n) is 5.25. The highest BCUT2D eigenvalue weighted by atomic mass is 19.1. The second-order valence-corrected chi connectivity index (χ2v) is 5.25. The predicted molar refractivity (Wildman–Crippen MR) is 56.2 cm³/mol. The minimum atomic E-state index is -1.79. The number of halogens is 1. The minimum Gasteiger partial charge on any atom is -0.389 e. The third-order valence-corrected chi connectivity index (χ3v) is 2.82. The van der Waals surface area contributed by atoms with Crippen molar-refractivity contribution in [2.45, 2.75) is 45.9 Å². The van der Waals surface area contributed by atoms with Crippen molar-refractivity contribution in [2.75, 3.05) is 13.1 Å². The van der Waals surface area contributed by atoms with Gasteiger partial charge in [-0.25, -0.2) is 4.39 Å². The van der Waals surface area contributed by atoms with Crippen LogP contribution in [-0.2, 0) is 4.79 Å². The first-order valence-corrected chi connectivity index (χ1v) is 5.45. The highest BCUT2D eigenvalue weighted by Gasteiger charge is 2.38. The van der Waals surface area contributed by atoms with Crippen LogP contribution in [0.3, 0.4) is 0 Å². The summed E-state index contributed by atoms with van der Waals surface area (Å²) in [5, 5.41) is 9.66. The minimum absolute atomic E-state index is 0.560. The van der Waals surface area contributed by atoms with Gasteiger partial charge in [-0.15, -0.1) is 0 Å². The molecule has 0 aromatic carbocycles. The van der Waals surface area contributed by atoms with Gasteiger partial charge in [-0.3, -0.25) is 4.79 Å². The van der Waals surface area contributed by atoms with E-state index >= 15 is 0 Å². The Bertz CT molecular complexity index is 231. The van der Waals surface area contributed by atoms with Gasteiger partial charge >= 0.3 is 0 Å². The number of aliphatic hydroxyl groups is 1. The van der Waals surface area contributed by atoms with Crippen molar-refractivity contribution in [1.29, 1.82) is 0 Å². The molecule has 0 spiro atoms. The molecular formula is C11H20FNO2. The molecular weight excluding hydrogens is 197 g/mol. The van der Waals surface area contributed by atoms with Crippen LogP contribution in [0.5, 0.6) is 0 Å². The van der Waals surface area contributed by atoms with E-state index in [1.54, 1.807) is 20.8 Å². The Morgan fingerprint density at radius 3 is 2.20 bits per heavy atom. The maximum absolute atomic E-state index is 13.7. The highest BCUT2D eigenvalue weighted by molar-refractivity contribution is 5.81. The fourth-order valence-electron chi connectivity index (χ4n) is 1.69. The van der Waals surface area contributed by atoms with Crippen LogP contribution >= 0.6 is 0 Å². The molecule has 2 atom stereocenters. The lowest BCUT2D eigenvalue weighted by Gasteiger charge is -2.29. The zero-order valence-electron chi connectivity index (χ0n) is 9.66. The van der Waals surface area contributed by atoms with Gasteiger partial charge in [0.2, 0.25) is 6.17 Å². The van der Waals surface area contributed by atoms with Crippen LogP contribution in [-0.4, -0.2) is 41.3 Å². The first kappa shape index (κ1) is 12.4. The van der Waals surface area contributed by atoms with Crippen molar-refractivity contribution in [2.24, 2.45) is 5.41 Å². The monoisotopic (exact) mass is 217 g/mol. The number of nitrogens with zero attached hydrogens (tertiary/aromatic N) is 1. The van der Waals surface area contributed by atoms with Crippen molar-refractivity contribution in [3.8, 4) is 0 Å². The lowest BCUT2D eigenvalue weighted by atomic mass is 9.86. The fraction of sp³-hybridized carbons (Fsp3) is 0.909. The summed E-state index contributed by atoms with van der Waals surface area (Å²) in [7, 11) is 0. The molecule has 1 N–H and O–H groups in total. The molecule has 1 saturated heterocycles. The largest absolute Gasteiger partial charge is 0.389 e. The van der Waals surface area contributed by atoms with Crippen molar-refractivity contribution >= 4 is 5.91 Å². The first-order valence-electron chi connectivity index (χ1n) is 5.45. The van der Waals surface area contributed by atoms with Gasteiger partial charge in [0.15, 0.2) is 0 Å². The molecule has 1 aliphatic rings. The van der Waals surface area contributed by atoms with Crippen molar-refractivity contribution in [1.82, 2.24) is 4.90 Å². The average molecular weight is 217 g/mol. The molecule has 3 nitrogen and oxygen atoms in total. The number of hydrogen-bond donors (Lipinski definition) is 1. The molecule has 0 unspecified atom stereocenters. The van der Waals surface area contributed by atoms with E-state index in [2.05, 4.69) is 0 Å². The number of likely N-dealkylation sites (tertiary alicyclic amines) is 1. The van der Waals surface area contributed by atoms with Gasteiger partial charge in [-0.05, 0) is 18.3 Å². The third-order valence-electron chi connectivity index (χ3n) is 2.82. The molecule has 4 heteroatoms. The summed E-state index contributed by atoms with van der Waals surface area (Å²) >= 11 is 0. The van der Waals surface area contributed by atoms with Gasteiger partial charge in [-0.1, -0.05) is 20.8 Å². The summed E-state index contributed by atoms with van der Waals surface area (Å²) in [6.07, 6.45) is -1.15. The lowest BCUT2D eigenvalue weighted by Crippen LogP contribution is -2.46. The number of rotatable bonds is 2. The summed E-state index contributed by atoms with van der Waals surface area (Å²) in [6.45, 7) is 6.41. The number of aliphatic hydroxyl groups excluding tert-OH is 1. The van der Waals surface area contributed by atoms with Gasteiger partial charge in [0.05, 0.1) is 6.10 Å². The molecule has 1 aliphatic heterocycles. The molecule has 1 fully saturated rings. The van der Waals surface area contributed by atoms with Crippen LogP contribution in [0.25, 0.3) is 0 Å². The van der Waals surface area contributed by atoms with E-state index in [0.29, 0.717) is 13.1 Å². The second kappa shape index (κ2) is 4.47. The highest BCUT2D eigenvalue weighted by Crippen LogP contribution is 2.25. The Hall–Kier alpha value is -0.640. The first-order chi connectivity index (χ1) is 6.84. The van der Waals surface area contributed by atoms with E-state index in [9.17, 15) is 14.3 Å². The van der Waals surface area contributed by atoms with Gasteiger partial charge in [-0.2, -0.15) is 0 Å². The Labute approximate surface area is 90.3 Å². The lowest BCUT2D eigenvalue weighted by molar-refractivity contribution is -0.143. The smallest absolute Gasteiger partial charge is 0.259 e. The van der Waals surface area contributed by atoms with Crippen LogP contribution < -0.4 is 0 Å². The molecule has 1 rings (SSSR count). The average Bonchev–Trinajstić information content (AvgIpc) is 2.65. The molecule has 1 heterocycles. The van der Waals surface area contributed by atoms with Crippen molar-refractivity contribution in [3.63, 3.8) is 0 Å². The maximum atomic E-state index is 13.7. The summed E-state index contributed by atoms with van der Waals surface area (Å²) in [4.78, 5) is 13.1. The van der Waals surface area contributed by atoms with Crippen LogP contribution in [0.4, 0.5) is 4.39 Å². The normalized spacial score (nSPS) is 21.5. The maximum Gasteiger partial charge on any atom is 0.259 e. The summed E-state index contributed by atoms with van der Waals surface area (Å²) < 4.78 is 13.7. The van der Waals surface area contributed by atoms with E-state index in [1.807, 2.05) is 0 Å². The Balaban J connectivity index is 2.59. The van der Waals surface area contributed by atoms with E-state index in [4.69, 9.17) is 0 Å². The topological polar surface area (TPSA) is 40.5 Å². The van der Waals surface area contributed by atoms with Crippen LogP contribution in [0.15, 0.2) is 0 Å². The zero-order chi connectivity index (χ0) is 11.6. The Kier molecular flexibility index (Phi) is 3.71. The third kappa shape index (κ3) is 2.91. The molecule has 0 saturated carbocycles. The molecule has 1 amide bonds. The van der Waals surface area contributed by atoms with Crippen LogP contribution in [0.1, 0.15) is 33.6 Å². The predicted octanol–water partition coefficient (Wildman–Crippen LogP) is 1.35. The fourth-order valence-corrected chi connectivity index (χ4v) is 1.69. The molecule has 15 heavy (non-hydrogen) atoms. The molecule has 0 aromatic rings. The quantitative estimate of drug-likeness (QED) is 0.758. The number of carbonyl (C=O) groups is 1. The molecule has 88 valence electrons. The van der Waals surface area contributed by atoms with Gasteiger partial charge < -0.3 is 10.0 Å². The number of alkyl halides is 1. The molecule has 0 radical (unpaired) electrons. The molecule has 0 aromatic heterocycles. The zero-order valence-corrected chi connectivity index (χ0v) is 9.66. The molecule has 0 aliphatic carbocycles. The van der Waals surface area contributed by atoms with E-state index in [0.717, 1.165) is 12.8 Å². The number of carbonyl (C=O) groups excluding carboxylic acids is 1. The Morgan fingerprint density at radius 1 is 1.33 bits per heavy atom. The molecule has 0 bridgehead atoms. The number of hydrogen-bond acceptors (Lipinski definition) is 2. The van der Waals surface area contributed by atoms with E-state index in [-0.39, 0.29) is 0 Å². The van der Waals surface area contributed by atoms with Gasteiger partial charge in [0.25, 0.3) is 5.91 Å². The van der Waals surface area contributed by atoms with E-state index < -0.39 is 23.6 Å². The van der Waals surface area contributed by atoms with Crippen molar-refractivity contribution in [3.05, 3.63) is 0 Å². The summed E-state index contributed by atoms with van der Waals surface area (Å²) in [5.74, 6) is -0.560. The van der Waals surface area contributed by atoms with Gasteiger partial charge in [0, 0.05) is 13.1 Å². The summed E-state index contributed by atoms with van der Waals surface area (Å²) in [5.41, 5.74) is -0.602. The van der Waals surface area contributed by atoms with Crippen LogP contribution in [0, 0.1) is 5.41 Å². The summed E-state index contributed by atoms with van der Waals surface area (Å²) in [6, 6.07) is 0. The van der Waals surface area contributed by atoms with Crippen molar-refractivity contribution < 1.29 is 14.3 Å². The number of amides is 1. The van der Waals surface area contributed by atoms with E-state index in [1.165, 1.54) is 4.90 Å². The SMILES string of the molecule is CC(C)(C)[C@@H](O)[C@@H](F)C(=O)N1CCCC1. The standard InChI is InChI=1S/C11H20FNO2/c1-11(2,3)9(14)8(12)10(15)13-6-4-5-7-13/h8-9,14H,4-7H2,1-3H3/t8-,9+/m1/s1. The van der Waals surface area contributed by atoms with Crippen LogP contribution in [0.2, 0.25) is 0 Å². The Morgan fingerprint density at radius 2 is 1.80 bits per heavy atom.